The molecule has 0 bridgehead atoms. The predicted molar refractivity (Wildman–Crippen MR) is 64.8 cm³/mol. The highest BCUT2D eigenvalue weighted by Crippen LogP contribution is 2.19. The highest BCUT2D eigenvalue weighted by molar-refractivity contribution is 5.80. The molecule has 0 aromatic heterocycles. The third-order valence-corrected chi connectivity index (χ3v) is 2.88. The monoisotopic (exact) mass is 226 g/mol. The number of unbranched alkanes of at least 4 members (excludes halogenated alkanes) is 2. The summed E-state index contributed by atoms with van der Waals surface area (Å²) in [7, 11) is 0. The first kappa shape index (κ1) is 13.5. The average Bonchev–Trinajstić information content (AvgIpc) is 3.00. The summed E-state index contributed by atoms with van der Waals surface area (Å²) < 4.78 is 0. The van der Waals surface area contributed by atoms with Crippen molar-refractivity contribution in [1.82, 2.24) is 5.32 Å². The molecular weight excluding hydrogens is 202 g/mol. The molecule has 0 spiro atoms. The average molecular weight is 226 g/mol. The summed E-state index contributed by atoms with van der Waals surface area (Å²) in [6.07, 6.45) is 6.30. The Morgan fingerprint density at radius 1 is 1.31 bits per heavy atom. The topological polar surface area (TPSA) is 49.3 Å². The molecule has 3 heteroatoms. The van der Waals surface area contributed by atoms with Crippen LogP contribution >= 0.6 is 0 Å². The van der Waals surface area contributed by atoms with Gasteiger partial charge in [0.05, 0.1) is 0 Å². The minimum atomic E-state index is -0.799. The fourth-order valence-corrected chi connectivity index (χ4v) is 1.65. The second-order valence-electron chi connectivity index (χ2n) is 5.11. The number of aliphatic hydroxyl groups is 1. The van der Waals surface area contributed by atoms with E-state index in [1.54, 1.807) is 0 Å². The number of nitrogens with one attached hydrogen (secondary N) is 1. The normalized spacial score (nSPS) is 17.5. The fourth-order valence-electron chi connectivity index (χ4n) is 1.65. The van der Waals surface area contributed by atoms with E-state index >= 15 is 0 Å². The smallest absolute Gasteiger partial charge is 0.249 e. The summed E-state index contributed by atoms with van der Waals surface area (Å²) in [5.41, 5.74) is 0. The molecule has 1 atom stereocenters. The van der Waals surface area contributed by atoms with Crippen molar-refractivity contribution in [3.63, 3.8) is 0 Å². The van der Waals surface area contributed by atoms with E-state index in [0.29, 0.717) is 12.5 Å². The molecule has 1 amide bonds. The SMILES string of the molecule is C[C](C)CCCCCC(O)C(=O)NC1CC1. The van der Waals surface area contributed by atoms with E-state index < -0.39 is 6.10 Å². The van der Waals surface area contributed by atoms with Gasteiger partial charge in [-0.1, -0.05) is 33.1 Å². The molecule has 3 nitrogen and oxygen atoms in total. The molecule has 2 N–H and O–H groups in total. The van der Waals surface area contributed by atoms with E-state index in [1.807, 2.05) is 0 Å². The van der Waals surface area contributed by atoms with Gasteiger partial charge in [-0.3, -0.25) is 4.79 Å². The van der Waals surface area contributed by atoms with Crippen molar-refractivity contribution in [2.24, 2.45) is 0 Å². The molecule has 1 aliphatic rings. The summed E-state index contributed by atoms with van der Waals surface area (Å²) in [5.74, 6) is 1.27. The fraction of sp³-hybridized carbons (Fsp3) is 0.846. The number of carbonyl (C=O) groups is 1. The van der Waals surface area contributed by atoms with E-state index in [4.69, 9.17) is 0 Å². The number of hydrogen-bond donors (Lipinski definition) is 2. The summed E-state index contributed by atoms with van der Waals surface area (Å²) in [4.78, 5) is 11.4. The van der Waals surface area contributed by atoms with E-state index in [-0.39, 0.29) is 5.91 Å². The molecule has 0 heterocycles. The van der Waals surface area contributed by atoms with Crippen LogP contribution in [0.2, 0.25) is 0 Å². The molecule has 93 valence electrons. The first-order valence-electron chi connectivity index (χ1n) is 6.37. The molecule has 1 aliphatic carbocycles. The molecule has 1 fully saturated rings. The minimum Gasteiger partial charge on any atom is -0.383 e. The Balaban J connectivity index is 1.96. The summed E-state index contributed by atoms with van der Waals surface area (Å²) in [6, 6.07) is 0.347. The third-order valence-electron chi connectivity index (χ3n) is 2.88. The van der Waals surface area contributed by atoms with Crippen LogP contribution in [0.1, 0.15) is 58.8 Å². The molecule has 1 unspecified atom stereocenters. The van der Waals surface area contributed by atoms with Crippen LogP contribution in [0.5, 0.6) is 0 Å². The third kappa shape index (κ3) is 6.11. The van der Waals surface area contributed by atoms with Crippen LogP contribution in [0, 0.1) is 5.92 Å². The van der Waals surface area contributed by atoms with Crippen molar-refractivity contribution < 1.29 is 9.90 Å². The van der Waals surface area contributed by atoms with E-state index in [9.17, 15) is 9.90 Å². The van der Waals surface area contributed by atoms with Gasteiger partial charge in [-0.05, 0) is 31.6 Å². The summed E-state index contributed by atoms with van der Waals surface area (Å²) in [6.45, 7) is 4.27. The van der Waals surface area contributed by atoms with Gasteiger partial charge in [0.2, 0.25) is 5.91 Å². The van der Waals surface area contributed by atoms with Gasteiger partial charge in [-0.15, -0.1) is 0 Å². The Labute approximate surface area is 98.6 Å². The van der Waals surface area contributed by atoms with Crippen LogP contribution in [0.15, 0.2) is 0 Å². The van der Waals surface area contributed by atoms with Crippen LogP contribution in [0.25, 0.3) is 0 Å². The minimum absolute atomic E-state index is 0.180. The second kappa shape index (κ2) is 6.89. The van der Waals surface area contributed by atoms with Gasteiger partial charge >= 0.3 is 0 Å². The van der Waals surface area contributed by atoms with E-state index in [0.717, 1.165) is 32.1 Å². The lowest BCUT2D eigenvalue weighted by Gasteiger charge is -2.10. The summed E-state index contributed by atoms with van der Waals surface area (Å²) >= 11 is 0. The van der Waals surface area contributed by atoms with Crippen molar-refractivity contribution in [3.05, 3.63) is 5.92 Å². The first-order valence-corrected chi connectivity index (χ1v) is 6.37. The van der Waals surface area contributed by atoms with Gasteiger partial charge in [-0.25, -0.2) is 0 Å². The van der Waals surface area contributed by atoms with E-state index in [1.165, 1.54) is 12.3 Å². The lowest BCUT2D eigenvalue weighted by atomic mass is 10.0. The zero-order chi connectivity index (χ0) is 12.0. The Bertz CT molecular complexity index is 212. The highest BCUT2D eigenvalue weighted by Gasteiger charge is 2.25. The number of rotatable bonds is 8. The Morgan fingerprint density at radius 2 is 2.00 bits per heavy atom. The number of amides is 1. The molecule has 1 rings (SSSR count). The van der Waals surface area contributed by atoms with Crippen molar-refractivity contribution in [1.29, 1.82) is 0 Å². The van der Waals surface area contributed by atoms with Crippen LogP contribution < -0.4 is 5.32 Å². The molecule has 16 heavy (non-hydrogen) atoms. The van der Waals surface area contributed by atoms with Gasteiger partial charge in [0, 0.05) is 6.04 Å². The van der Waals surface area contributed by atoms with Gasteiger partial charge in [0.15, 0.2) is 0 Å². The maximum absolute atomic E-state index is 11.4. The Morgan fingerprint density at radius 3 is 2.56 bits per heavy atom. The molecule has 1 radical (unpaired) electrons. The molecule has 0 saturated heterocycles. The quantitative estimate of drug-likeness (QED) is 0.623. The van der Waals surface area contributed by atoms with Gasteiger partial charge in [-0.2, -0.15) is 0 Å². The van der Waals surface area contributed by atoms with Crippen molar-refractivity contribution in [2.75, 3.05) is 0 Å². The van der Waals surface area contributed by atoms with E-state index in [2.05, 4.69) is 19.2 Å². The number of aliphatic hydroxyl groups excluding tert-OH is 1. The molecular formula is C13H24NO2. The highest BCUT2D eigenvalue weighted by atomic mass is 16.3. The largest absolute Gasteiger partial charge is 0.383 e. The Kier molecular flexibility index (Phi) is 5.81. The Hall–Kier alpha value is -0.570. The van der Waals surface area contributed by atoms with Gasteiger partial charge in [0.25, 0.3) is 0 Å². The zero-order valence-corrected chi connectivity index (χ0v) is 10.5. The van der Waals surface area contributed by atoms with Crippen LogP contribution in [0.3, 0.4) is 0 Å². The predicted octanol–water partition coefficient (Wildman–Crippen LogP) is 2.19. The number of hydrogen-bond acceptors (Lipinski definition) is 2. The lowest BCUT2D eigenvalue weighted by Crippen LogP contribution is -2.35. The maximum Gasteiger partial charge on any atom is 0.249 e. The van der Waals surface area contributed by atoms with Gasteiger partial charge < -0.3 is 10.4 Å². The summed E-state index contributed by atoms with van der Waals surface area (Å²) in [5, 5.41) is 12.4. The second-order valence-corrected chi connectivity index (χ2v) is 5.11. The zero-order valence-electron chi connectivity index (χ0n) is 10.5. The maximum atomic E-state index is 11.4. The molecule has 0 aromatic rings. The van der Waals surface area contributed by atoms with Crippen LogP contribution in [-0.4, -0.2) is 23.2 Å². The number of carbonyl (C=O) groups excluding carboxylic acids is 1. The van der Waals surface area contributed by atoms with Gasteiger partial charge in [0.1, 0.15) is 6.10 Å². The van der Waals surface area contributed by atoms with Crippen molar-refractivity contribution >= 4 is 5.91 Å². The molecule has 0 aromatic carbocycles. The molecule has 0 aliphatic heterocycles. The van der Waals surface area contributed by atoms with Crippen LogP contribution in [0.4, 0.5) is 0 Å². The molecule has 1 saturated carbocycles. The lowest BCUT2D eigenvalue weighted by molar-refractivity contribution is -0.129. The standard InChI is InChI=1S/C13H24NO2/c1-10(2)6-4-3-5-7-12(15)13(16)14-11-8-9-11/h11-12,15H,3-9H2,1-2H3,(H,14,16). The van der Waals surface area contributed by atoms with Crippen LogP contribution in [-0.2, 0) is 4.79 Å². The van der Waals surface area contributed by atoms with Crippen molar-refractivity contribution in [2.45, 2.75) is 70.9 Å². The first-order chi connectivity index (χ1) is 7.59. The van der Waals surface area contributed by atoms with Crippen molar-refractivity contribution in [3.8, 4) is 0 Å².